The van der Waals surface area contributed by atoms with Crippen LogP contribution in [0.1, 0.15) is 13.8 Å². The Morgan fingerprint density at radius 3 is 1.94 bits per heavy atom. The molecule has 5 nitrogen and oxygen atoms in total. The van der Waals surface area contributed by atoms with Crippen molar-refractivity contribution in [2.75, 3.05) is 33.0 Å². The average molecular weight is 256 g/mol. The van der Waals surface area contributed by atoms with Crippen LogP contribution in [0, 0.1) is 0 Å². The molecule has 18 heavy (non-hydrogen) atoms. The fourth-order valence-corrected chi connectivity index (χ4v) is 0.902. The molecule has 102 valence electrons. The monoisotopic (exact) mass is 256 g/mol. The van der Waals surface area contributed by atoms with Crippen LogP contribution in [0.25, 0.3) is 0 Å². The average Bonchev–Trinajstić information content (AvgIpc) is 2.32. The number of ether oxygens (including phenoxy) is 3. The van der Waals surface area contributed by atoms with E-state index < -0.39 is 5.97 Å². The highest BCUT2D eigenvalue weighted by atomic mass is 16.5. The van der Waals surface area contributed by atoms with E-state index >= 15 is 0 Å². The van der Waals surface area contributed by atoms with E-state index in [1.807, 2.05) is 0 Å². The maximum absolute atomic E-state index is 11.1. The molecule has 0 aromatic carbocycles. The molecule has 0 atom stereocenters. The Hall–Kier alpha value is -1.46. The zero-order valence-electron chi connectivity index (χ0n) is 11.0. The molecule has 0 aromatic heterocycles. The van der Waals surface area contributed by atoms with Crippen molar-refractivity contribution < 1.29 is 23.8 Å². The summed E-state index contributed by atoms with van der Waals surface area (Å²) in [6.07, 6.45) is 0. The number of rotatable bonds is 10. The van der Waals surface area contributed by atoms with Gasteiger partial charge in [0.2, 0.25) is 0 Å². The van der Waals surface area contributed by atoms with Crippen LogP contribution in [0.4, 0.5) is 0 Å². The van der Waals surface area contributed by atoms with E-state index in [1.54, 1.807) is 6.92 Å². The second kappa shape index (κ2) is 9.56. The number of esters is 1. The molecule has 0 bridgehead atoms. The fourth-order valence-electron chi connectivity index (χ4n) is 0.902. The Bertz CT molecular complexity index is 319. The zero-order chi connectivity index (χ0) is 14.0. The van der Waals surface area contributed by atoms with Crippen molar-refractivity contribution in [3.05, 3.63) is 24.3 Å². The molecule has 0 aliphatic carbocycles. The lowest BCUT2D eigenvalue weighted by molar-refractivity contribution is -0.139. The summed E-state index contributed by atoms with van der Waals surface area (Å²) >= 11 is 0. The van der Waals surface area contributed by atoms with Gasteiger partial charge in [0.1, 0.15) is 0 Å². The Morgan fingerprint density at radius 1 is 1.00 bits per heavy atom. The van der Waals surface area contributed by atoms with Crippen molar-refractivity contribution in [2.45, 2.75) is 13.8 Å². The largest absolute Gasteiger partial charge is 0.463 e. The third kappa shape index (κ3) is 7.76. The van der Waals surface area contributed by atoms with Gasteiger partial charge in [-0.1, -0.05) is 13.2 Å². The molecule has 0 aliphatic rings. The van der Waals surface area contributed by atoms with Gasteiger partial charge < -0.3 is 14.2 Å². The standard InChI is InChI=1S/C13H20O5/c1-5-18-13(15)11(3)9-17-7-6-16-8-10(2)12(4)14/h2-3,5-9H2,1,4H3. The second-order valence-electron chi connectivity index (χ2n) is 3.59. The smallest absolute Gasteiger partial charge is 0.335 e. The molecular formula is C13H20O5. The van der Waals surface area contributed by atoms with Crippen LogP contribution >= 0.6 is 0 Å². The van der Waals surface area contributed by atoms with Gasteiger partial charge in [-0.15, -0.1) is 0 Å². The Labute approximate surface area is 107 Å². The van der Waals surface area contributed by atoms with Crippen LogP contribution in [-0.2, 0) is 23.8 Å². The van der Waals surface area contributed by atoms with Crippen LogP contribution in [0.2, 0.25) is 0 Å². The molecule has 0 N–H and O–H groups in total. The molecule has 5 heteroatoms. The third-order valence-electron chi connectivity index (χ3n) is 1.99. The molecule has 0 spiro atoms. The van der Waals surface area contributed by atoms with Gasteiger partial charge in [-0.05, 0) is 13.8 Å². The molecule has 0 radical (unpaired) electrons. The van der Waals surface area contributed by atoms with Crippen molar-refractivity contribution in [3.8, 4) is 0 Å². The van der Waals surface area contributed by atoms with E-state index in [0.29, 0.717) is 25.4 Å². The number of carbonyl (C=O) groups excluding carboxylic acids is 2. The number of hydrogen-bond acceptors (Lipinski definition) is 5. The van der Waals surface area contributed by atoms with Crippen molar-refractivity contribution in [1.82, 2.24) is 0 Å². The predicted octanol–water partition coefficient (Wildman–Crippen LogP) is 1.28. The Morgan fingerprint density at radius 2 is 1.50 bits per heavy atom. The SMILES string of the molecule is C=C(COCCOCC(=C)C(=O)OCC)C(C)=O. The fraction of sp³-hybridized carbons (Fsp3) is 0.538. The first kappa shape index (κ1) is 16.5. The summed E-state index contributed by atoms with van der Waals surface area (Å²) in [4.78, 5) is 22.0. The highest BCUT2D eigenvalue weighted by Gasteiger charge is 2.07. The van der Waals surface area contributed by atoms with Crippen LogP contribution in [0.3, 0.4) is 0 Å². The maximum atomic E-state index is 11.1. The van der Waals surface area contributed by atoms with E-state index in [4.69, 9.17) is 14.2 Å². The minimum atomic E-state index is -0.455. The first-order valence-electron chi connectivity index (χ1n) is 5.68. The summed E-state index contributed by atoms with van der Waals surface area (Å²) in [5, 5.41) is 0. The predicted molar refractivity (Wildman–Crippen MR) is 67.2 cm³/mol. The summed E-state index contributed by atoms with van der Waals surface area (Å²) in [5.41, 5.74) is 0.691. The number of Topliss-reactive ketones (excluding diaryl/α,β-unsaturated/α-hetero) is 1. The van der Waals surface area contributed by atoms with Gasteiger partial charge >= 0.3 is 5.97 Å². The molecule has 0 saturated carbocycles. The maximum Gasteiger partial charge on any atom is 0.335 e. The second-order valence-corrected chi connectivity index (χ2v) is 3.59. The molecule has 0 aromatic rings. The van der Waals surface area contributed by atoms with Gasteiger partial charge in [-0.2, -0.15) is 0 Å². The first-order chi connectivity index (χ1) is 8.49. The number of hydrogen-bond donors (Lipinski definition) is 0. The van der Waals surface area contributed by atoms with Gasteiger partial charge in [-0.3, -0.25) is 4.79 Å². The van der Waals surface area contributed by atoms with Gasteiger partial charge in [0.05, 0.1) is 38.6 Å². The molecule has 0 fully saturated rings. The van der Waals surface area contributed by atoms with E-state index in [9.17, 15) is 9.59 Å². The summed E-state index contributed by atoms with van der Waals surface area (Å²) in [6.45, 7) is 11.5. The summed E-state index contributed by atoms with van der Waals surface area (Å²) in [6, 6.07) is 0. The zero-order valence-corrected chi connectivity index (χ0v) is 11.0. The van der Waals surface area contributed by atoms with Crippen molar-refractivity contribution >= 4 is 11.8 Å². The van der Waals surface area contributed by atoms with E-state index in [2.05, 4.69) is 13.2 Å². The molecular weight excluding hydrogens is 236 g/mol. The van der Waals surface area contributed by atoms with Crippen molar-refractivity contribution in [1.29, 1.82) is 0 Å². The van der Waals surface area contributed by atoms with E-state index in [0.717, 1.165) is 0 Å². The van der Waals surface area contributed by atoms with Crippen LogP contribution in [0.15, 0.2) is 24.3 Å². The van der Waals surface area contributed by atoms with Crippen LogP contribution in [-0.4, -0.2) is 44.8 Å². The Kier molecular flexibility index (Phi) is 8.78. The summed E-state index contributed by atoms with van der Waals surface area (Å²) in [7, 11) is 0. The van der Waals surface area contributed by atoms with Crippen LogP contribution < -0.4 is 0 Å². The van der Waals surface area contributed by atoms with Gasteiger partial charge in [0, 0.05) is 5.57 Å². The normalized spacial score (nSPS) is 9.89. The minimum Gasteiger partial charge on any atom is -0.463 e. The summed E-state index contributed by atoms with van der Waals surface area (Å²) in [5.74, 6) is -0.546. The first-order valence-corrected chi connectivity index (χ1v) is 5.68. The van der Waals surface area contributed by atoms with Crippen LogP contribution in [0.5, 0.6) is 0 Å². The van der Waals surface area contributed by atoms with Gasteiger partial charge in [0.25, 0.3) is 0 Å². The topological polar surface area (TPSA) is 61.8 Å². The molecule has 0 unspecified atom stereocenters. The van der Waals surface area contributed by atoms with Gasteiger partial charge in [-0.25, -0.2) is 4.79 Å². The molecule has 0 amide bonds. The van der Waals surface area contributed by atoms with E-state index in [1.165, 1.54) is 6.92 Å². The molecule has 0 aliphatic heterocycles. The highest BCUT2D eigenvalue weighted by molar-refractivity contribution is 5.92. The van der Waals surface area contributed by atoms with E-state index in [-0.39, 0.29) is 24.6 Å². The lowest BCUT2D eigenvalue weighted by Crippen LogP contribution is -2.14. The highest BCUT2D eigenvalue weighted by Crippen LogP contribution is 1.97. The summed E-state index contributed by atoms with van der Waals surface area (Å²) < 4.78 is 15.1. The number of ketones is 1. The quantitative estimate of drug-likeness (QED) is 0.335. The lowest BCUT2D eigenvalue weighted by atomic mass is 10.2. The number of carbonyl (C=O) groups is 2. The Balaban J connectivity index is 3.51. The van der Waals surface area contributed by atoms with Crippen molar-refractivity contribution in [2.24, 2.45) is 0 Å². The van der Waals surface area contributed by atoms with Crippen molar-refractivity contribution in [3.63, 3.8) is 0 Å². The lowest BCUT2D eigenvalue weighted by Gasteiger charge is -2.07. The molecule has 0 saturated heterocycles. The minimum absolute atomic E-state index is 0.0911. The molecule has 0 rings (SSSR count). The third-order valence-corrected chi connectivity index (χ3v) is 1.99. The molecule has 0 heterocycles. The van der Waals surface area contributed by atoms with Gasteiger partial charge in [0.15, 0.2) is 5.78 Å².